The van der Waals surface area contributed by atoms with E-state index in [-0.39, 0.29) is 5.04 Å². The Kier molecular flexibility index (Phi) is 7.20. The molecule has 0 amide bonds. The van der Waals surface area contributed by atoms with Crippen LogP contribution in [-0.4, -0.2) is 33.9 Å². The van der Waals surface area contributed by atoms with Gasteiger partial charge in [-0.15, -0.1) is 0 Å². The molecule has 0 radical (unpaired) electrons. The van der Waals surface area contributed by atoms with E-state index >= 15 is 0 Å². The third-order valence-electron chi connectivity index (χ3n) is 7.12. The van der Waals surface area contributed by atoms with Gasteiger partial charge < -0.3 is 13.9 Å². The van der Waals surface area contributed by atoms with Gasteiger partial charge in [-0.3, -0.25) is 0 Å². The lowest BCUT2D eigenvalue weighted by Gasteiger charge is -2.37. The van der Waals surface area contributed by atoms with Crippen LogP contribution in [0.5, 0.6) is 0 Å². The molecule has 1 unspecified atom stereocenters. The van der Waals surface area contributed by atoms with Gasteiger partial charge >= 0.3 is 0 Å². The average molecular weight is 383 g/mol. The van der Waals surface area contributed by atoms with E-state index in [1.807, 2.05) is 0 Å². The molecule has 1 saturated heterocycles. The van der Waals surface area contributed by atoms with Crippen LogP contribution in [0.4, 0.5) is 0 Å². The van der Waals surface area contributed by atoms with Crippen molar-refractivity contribution in [1.29, 1.82) is 0 Å². The molecule has 2 aliphatic rings. The van der Waals surface area contributed by atoms with Gasteiger partial charge in [0.2, 0.25) is 0 Å². The van der Waals surface area contributed by atoms with Crippen LogP contribution in [-0.2, 0) is 13.9 Å². The molecule has 1 aliphatic carbocycles. The molecule has 1 aliphatic heterocycles. The topological polar surface area (TPSA) is 27.7 Å². The number of ether oxygens (including phenoxy) is 2. The predicted octanol–water partition coefficient (Wildman–Crippen LogP) is 6.30. The van der Waals surface area contributed by atoms with Gasteiger partial charge in [0.1, 0.15) is 0 Å². The minimum absolute atomic E-state index is 0.273. The van der Waals surface area contributed by atoms with Crippen molar-refractivity contribution in [3.8, 4) is 0 Å². The van der Waals surface area contributed by atoms with Crippen molar-refractivity contribution in [2.75, 3.05) is 19.8 Å². The standard InChI is InChI=1S/C22H42O3Si/c1-9-18(10-2)20-16-17(3)19(22(20)23-14-15-24-22)12-11-13-25-26(7,8)21(4,5)6/h18,20H,9-16H2,1-8H3. The first-order chi connectivity index (χ1) is 12.1. The van der Waals surface area contributed by atoms with Crippen molar-refractivity contribution < 1.29 is 13.9 Å². The maximum absolute atomic E-state index is 6.39. The van der Waals surface area contributed by atoms with Gasteiger partial charge in [-0.25, -0.2) is 0 Å². The van der Waals surface area contributed by atoms with Crippen molar-refractivity contribution in [1.82, 2.24) is 0 Å². The summed E-state index contributed by atoms with van der Waals surface area (Å²) < 4.78 is 19.0. The lowest BCUT2D eigenvalue weighted by molar-refractivity contribution is -0.172. The van der Waals surface area contributed by atoms with Crippen LogP contribution in [0.15, 0.2) is 11.1 Å². The molecule has 26 heavy (non-hydrogen) atoms. The third-order valence-corrected chi connectivity index (χ3v) is 11.7. The van der Waals surface area contributed by atoms with Crippen LogP contribution in [0, 0.1) is 11.8 Å². The quantitative estimate of drug-likeness (QED) is 0.280. The monoisotopic (exact) mass is 382 g/mol. The zero-order valence-corrected chi connectivity index (χ0v) is 19.5. The van der Waals surface area contributed by atoms with Crippen LogP contribution >= 0.6 is 0 Å². The van der Waals surface area contributed by atoms with Gasteiger partial charge in [0.05, 0.1) is 13.2 Å². The molecule has 0 saturated carbocycles. The van der Waals surface area contributed by atoms with Crippen LogP contribution in [0.25, 0.3) is 0 Å². The summed E-state index contributed by atoms with van der Waals surface area (Å²) >= 11 is 0. The number of hydrogen-bond acceptors (Lipinski definition) is 3. The minimum atomic E-state index is -1.66. The van der Waals surface area contributed by atoms with E-state index in [1.165, 1.54) is 24.0 Å². The summed E-state index contributed by atoms with van der Waals surface area (Å²) in [5.74, 6) is 0.720. The summed E-state index contributed by atoms with van der Waals surface area (Å²) in [7, 11) is -1.66. The Balaban J connectivity index is 2.03. The molecule has 2 rings (SSSR count). The average Bonchev–Trinajstić information content (AvgIpc) is 3.13. The molecule has 4 heteroatoms. The molecule has 1 heterocycles. The van der Waals surface area contributed by atoms with E-state index in [9.17, 15) is 0 Å². The van der Waals surface area contributed by atoms with Crippen molar-refractivity contribution in [2.24, 2.45) is 11.8 Å². The highest BCUT2D eigenvalue weighted by atomic mass is 28.4. The molecule has 0 N–H and O–H groups in total. The van der Waals surface area contributed by atoms with Gasteiger partial charge in [-0.05, 0) is 55.8 Å². The second-order valence-electron chi connectivity index (χ2n) is 9.72. The zero-order chi connectivity index (χ0) is 19.6. The Hall–Kier alpha value is -0.163. The number of hydrogen-bond donors (Lipinski definition) is 0. The highest BCUT2D eigenvalue weighted by Gasteiger charge is 2.53. The summed E-state index contributed by atoms with van der Waals surface area (Å²) in [5.41, 5.74) is 2.92. The fourth-order valence-electron chi connectivity index (χ4n) is 4.44. The van der Waals surface area contributed by atoms with Crippen LogP contribution < -0.4 is 0 Å². The van der Waals surface area contributed by atoms with Crippen molar-refractivity contribution in [3.05, 3.63) is 11.1 Å². The Bertz CT molecular complexity index is 494. The number of rotatable bonds is 8. The lowest BCUT2D eigenvalue weighted by Crippen LogP contribution is -2.42. The first-order valence-electron chi connectivity index (χ1n) is 10.7. The molecule has 0 aromatic rings. The third kappa shape index (κ3) is 4.29. The highest BCUT2D eigenvalue weighted by molar-refractivity contribution is 6.74. The van der Waals surface area contributed by atoms with Gasteiger partial charge in [0, 0.05) is 12.5 Å². The summed E-state index contributed by atoms with van der Waals surface area (Å²) in [5, 5.41) is 0.273. The van der Waals surface area contributed by atoms with Gasteiger partial charge in [0.25, 0.3) is 0 Å². The summed E-state index contributed by atoms with van der Waals surface area (Å²) in [6.45, 7) is 20.8. The highest BCUT2D eigenvalue weighted by Crippen LogP contribution is 2.52. The molecule has 0 aromatic carbocycles. The van der Waals surface area contributed by atoms with E-state index in [1.54, 1.807) is 0 Å². The Morgan fingerprint density at radius 2 is 1.73 bits per heavy atom. The van der Waals surface area contributed by atoms with Crippen LogP contribution in [0.3, 0.4) is 0 Å². The summed E-state index contributed by atoms with van der Waals surface area (Å²) in [6.07, 6.45) is 5.63. The zero-order valence-electron chi connectivity index (χ0n) is 18.5. The second kappa shape index (κ2) is 8.46. The van der Waals surface area contributed by atoms with E-state index in [0.717, 1.165) is 39.1 Å². The van der Waals surface area contributed by atoms with Crippen molar-refractivity contribution in [3.63, 3.8) is 0 Å². The second-order valence-corrected chi connectivity index (χ2v) is 14.5. The van der Waals surface area contributed by atoms with E-state index in [4.69, 9.17) is 13.9 Å². The fourth-order valence-corrected chi connectivity index (χ4v) is 5.53. The largest absolute Gasteiger partial charge is 0.417 e. The maximum Gasteiger partial charge on any atom is 0.194 e. The van der Waals surface area contributed by atoms with Gasteiger partial charge in [-0.2, -0.15) is 0 Å². The molecule has 152 valence electrons. The molecule has 1 spiro atoms. The maximum atomic E-state index is 6.39. The van der Waals surface area contributed by atoms with E-state index in [2.05, 4.69) is 54.6 Å². The Labute approximate surface area is 163 Å². The molecule has 3 nitrogen and oxygen atoms in total. The number of allylic oxidation sites excluding steroid dienone is 1. The lowest BCUT2D eigenvalue weighted by atomic mass is 9.80. The predicted molar refractivity (Wildman–Crippen MR) is 112 cm³/mol. The fraction of sp³-hybridized carbons (Fsp3) is 0.909. The summed E-state index contributed by atoms with van der Waals surface area (Å²) in [4.78, 5) is 0. The Morgan fingerprint density at radius 3 is 2.23 bits per heavy atom. The van der Waals surface area contributed by atoms with E-state index < -0.39 is 14.1 Å². The molecule has 1 fully saturated rings. The normalized spacial score (nSPS) is 23.7. The molecule has 0 aromatic heterocycles. The van der Waals surface area contributed by atoms with Crippen molar-refractivity contribution in [2.45, 2.75) is 97.6 Å². The van der Waals surface area contributed by atoms with Gasteiger partial charge in [0.15, 0.2) is 14.1 Å². The molecule has 0 bridgehead atoms. The van der Waals surface area contributed by atoms with Crippen LogP contribution in [0.2, 0.25) is 18.1 Å². The smallest absolute Gasteiger partial charge is 0.194 e. The van der Waals surface area contributed by atoms with Crippen molar-refractivity contribution >= 4 is 8.32 Å². The first-order valence-corrected chi connectivity index (χ1v) is 13.6. The molecular weight excluding hydrogens is 340 g/mol. The Morgan fingerprint density at radius 1 is 1.15 bits per heavy atom. The minimum Gasteiger partial charge on any atom is -0.417 e. The molecular formula is C22H42O3Si. The van der Waals surface area contributed by atoms with Crippen LogP contribution in [0.1, 0.15) is 73.6 Å². The van der Waals surface area contributed by atoms with E-state index in [0.29, 0.717) is 11.8 Å². The molecule has 1 atom stereocenters. The first kappa shape index (κ1) is 22.1. The SMILES string of the molecule is CCC(CC)C1CC(C)=C(CCCO[Si](C)(C)C(C)(C)C)C12OCCO2. The van der Waals surface area contributed by atoms with Gasteiger partial charge in [-0.1, -0.05) is 53.0 Å². The summed E-state index contributed by atoms with van der Waals surface area (Å²) in [6, 6.07) is 0.